The molecule has 1 aliphatic heterocycles. The Kier molecular flexibility index (Phi) is 5.39. The second-order valence-corrected chi connectivity index (χ2v) is 5.06. The maximum atomic E-state index is 11.9. The Morgan fingerprint density at radius 2 is 2.26 bits per heavy atom. The Morgan fingerprint density at radius 1 is 1.47 bits per heavy atom. The first kappa shape index (κ1) is 14.1. The average molecular weight is 265 g/mol. The summed E-state index contributed by atoms with van der Waals surface area (Å²) in [5, 5.41) is 6.18. The predicted octanol–water partition coefficient (Wildman–Crippen LogP) is 2.06. The minimum absolute atomic E-state index is 0.125. The van der Waals surface area contributed by atoms with E-state index in [1.165, 1.54) is 6.26 Å². The van der Waals surface area contributed by atoms with Crippen LogP contribution in [0.25, 0.3) is 0 Å². The smallest absolute Gasteiger partial charge is 0.273 e. The van der Waals surface area contributed by atoms with E-state index in [9.17, 15) is 4.79 Å². The summed E-state index contributed by atoms with van der Waals surface area (Å²) in [5.74, 6) is 0.933. The molecule has 2 rings (SSSR count). The van der Waals surface area contributed by atoms with Crippen molar-refractivity contribution in [1.82, 2.24) is 15.6 Å². The quantitative estimate of drug-likeness (QED) is 0.773. The highest BCUT2D eigenvalue weighted by atomic mass is 16.3. The molecule has 0 aliphatic carbocycles. The topological polar surface area (TPSA) is 67.2 Å². The van der Waals surface area contributed by atoms with Crippen molar-refractivity contribution in [3.63, 3.8) is 0 Å². The van der Waals surface area contributed by atoms with E-state index in [1.54, 1.807) is 0 Å². The fourth-order valence-corrected chi connectivity index (χ4v) is 2.32. The highest BCUT2D eigenvalue weighted by Gasteiger charge is 2.21. The van der Waals surface area contributed by atoms with Gasteiger partial charge < -0.3 is 15.1 Å². The molecule has 0 spiro atoms. The van der Waals surface area contributed by atoms with Crippen LogP contribution in [0.3, 0.4) is 0 Å². The van der Waals surface area contributed by atoms with E-state index in [0.29, 0.717) is 24.0 Å². The van der Waals surface area contributed by atoms with Crippen molar-refractivity contribution >= 4 is 5.91 Å². The first-order valence-corrected chi connectivity index (χ1v) is 7.25. The second-order valence-electron chi connectivity index (χ2n) is 5.06. The van der Waals surface area contributed by atoms with Crippen LogP contribution in [0.5, 0.6) is 0 Å². The molecule has 2 heterocycles. The lowest BCUT2D eigenvalue weighted by Gasteiger charge is -2.19. The third-order valence-corrected chi connectivity index (χ3v) is 3.51. The molecule has 2 N–H and O–H groups in total. The molecule has 0 unspecified atom stereocenters. The molecule has 0 saturated carbocycles. The van der Waals surface area contributed by atoms with Gasteiger partial charge in [0.05, 0.1) is 0 Å². The summed E-state index contributed by atoms with van der Waals surface area (Å²) in [6, 6.07) is 0. The molecule has 5 nitrogen and oxygen atoms in total. The highest BCUT2D eigenvalue weighted by molar-refractivity contribution is 5.91. The lowest BCUT2D eigenvalue weighted by atomic mass is 9.98. The summed E-state index contributed by atoms with van der Waals surface area (Å²) >= 11 is 0. The molecule has 0 aromatic carbocycles. The lowest BCUT2D eigenvalue weighted by molar-refractivity contribution is 0.0948. The largest absolute Gasteiger partial charge is 0.448 e. The normalized spacial score (nSPS) is 16.5. The van der Waals surface area contributed by atoms with Crippen LogP contribution < -0.4 is 10.6 Å². The SMILES string of the molecule is CCCCCNC(=O)c1coc(C2CCNCC2)n1. The van der Waals surface area contributed by atoms with Crippen molar-refractivity contribution < 1.29 is 9.21 Å². The average Bonchev–Trinajstić information content (AvgIpc) is 2.94. The zero-order valence-electron chi connectivity index (χ0n) is 11.6. The lowest BCUT2D eigenvalue weighted by Crippen LogP contribution is -2.27. The molecule has 0 radical (unpaired) electrons. The number of hydrogen-bond acceptors (Lipinski definition) is 4. The number of hydrogen-bond donors (Lipinski definition) is 2. The van der Waals surface area contributed by atoms with Crippen molar-refractivity contribution in [1.29, 1.82) is 0 Å². The summed E-state index contributed by atoms with van der Waals surface area (Å²) in [4.78, 5) is 16.2. The van der Waals surface area contributed by atoms with Gasteiger partial charge in [-0.25, -0.2) is 4.98 Å². The first-order valence-electron chi connectivity index (χ1n) is 7.25. The highest BCUT2D eigenvalue weighted by Crippen LogP contribution is 2.24. The van der Waals surface area contributed by atoms with Gasteiger partial charge in [-0.15, -0.1) is 0 Å². The van der Waals surface area contributed by atoms with E-state index in [0.717, 1.165) is 45.2 Å². The molecule has 19 heavy (non-hydrogen) atoms. The summed E-state index contributed by atoms with van der Waals surface area (Å²) < 4.78 is 5.45. The minimum atomic E-state index is -0.125. The van der Waals surface area contributed by atoms with Crippen LogP contribution in [-0.2, 0) is 0 Å². The standard InChI is InChI=1S/C14H23N3O2/c1-2-3-4-7-16-13(18)12-10-19-14(17-12)11-5-8-15-9-6-11/h10-11,15H,2-9H2,1H3,(H,16,18). The fourth-order valence-electron chi connectivity index (χ4n) is 2.32. The van der Waals surface area contributed by atoms with E-state index < -0.39 is 0 Å². The number of oxazole rings is 1. The monoisotopic (exact) mass is 265 g/mol. The molecular weight excluding hydrogens is 242 g/mol. The van der Waals surface area contributed by atoms with E-state index in [4.69, 9.17) is 4.42 Å². The van der Waals surface area contributed by atoms with Gasteiger partial charge in [0.25, 0.3) is 5.91 Å². The van der Waals surface area contributed by atoms with Gasteiger partial charge in [0.15, 0.2) is 11.6 Å². The van der Waals surface area contributed by atoms with Crippen LogP contribution in [0.4, 0.5) is 0 Å². The maximum Gasteiger partial charge on any atom is 0.273 e. The number of amides is 1. The van der Waals surface area contributed by atoms with E-state index >= 15 is 0 Å². The van der Waals surface area contributed by atoms with Gasteiger partial charge >= 0.3 is 0 Å². The number of piperidine rings is 1. The number of unbranched alkanes of at least 4 members (excludes halogenated alkanes) is 2. The molecule has 0 bridgehead atoms. The van der Waals surface area contributed by atoms with Gasteiger partial charge in [-0.3, -0.25) is 4.79 Å². The predicted molar refractivity (Wildman–Crippen MR) is 73.2 cm³/mol. The first-order chi connectivity index (χ1) is 9.31. The molecule has 5 heteroatoms. The van der Waals surface area contributed by atoms with Crippen LogP contribution in [0, 0.1) is 0 Å². The van der Waals surface area contributed by atoms with Crippen LogP contribution in [0.1, 0.15) is 61.3 Å². The molecule has 1 saturated heterocycles. The minimum Gasteiger partial charge on any atom is -0.448 e. The number of nitrogens with zero attached hydrogens (tertiary/aromatic N) is 1. The summed E-state index contributed by atoms with van der Waals surface area (Å²) in [6.07, 6.45) is 6.84. The van der Waals surface area contributed by atoms with Gasteiger partial charge in [0, 0.05) is 12.5 Å². The number of carbonyl (C=O) groups excluding carboxylic acids is 1. The van der Waals surface area contributed by atoms with Crippen molar-refractivity contribution in [2.24, 2.45) is 0 Å². The Morgan fingerprint density at radius 3 is 3.00 bits per heavy atom. The molecule has 0 atom stereocenters. The van der Waals surface area contributed by atoms with E-state index in [-0.39, 0.29) is 5.91 Å². The number of nitrogens with one attached hydrogen (secondary N) is 2. The van der Waals surface area contributed by atoms with Gasteiger partial charge in [-0.05, 0) is 32.4 Å². The summed E-state index contributed by atoms with van der Waals surface area (Å²) in [6.45, 7) is 4.84. The fraction of sp³-hybridized carbons (Fsp3) is 0.714. The van der Waals surface area contributed by atoms with Crippen LogP contribution in [-0.4, -0.2) is 30.5 Å². The van der Waals surface area contributed by atoms with Gasteiger partial charge in [-0.2, -0.15) is 0 Å². The third-order valence-electron chi connectivity index (χ3n) is 3.51. The number of aromatic nitrogens is 1. The van der Waals surface area contributed by atoms with Crippen molar-refractivity contribution in [2.45, 2.75) is 44.9 Å². The van der Waals surface area contributed by atoms with Gasteiger partial charge in [0.2, 0.25) is 0 Å². The van der Waals surface area contributed by atoms with Gasteiger partial charge in [0.1, 0.15) is 6.26 Å². The van der Waals surface area contributed by atoms with Crippen LogP contribution in [0.2, 0.25) is 0 Å². The third kappa shape index (κ3) is 4.06. The van der Waals surface area contributed by atoms with Crippen molar-refractivity contribution in [3.8, 4) is 0 Å². The summed E-state index contributed by atoms with van der Waals surface area (Å²) in [5.41, 5.74) is 0.407. The second kappa shape index (κ2) is 7.28. The molecule has 1 aromatic heterocycles. The molecule has 1 aromatic rings. The zero-order chi connectivity index (χ0) is 13.5. The summed E-state index contributed by atoms with van der Waals surface area (Å²) in [7, 11) is 0. The van der Waals surface area contributed by atoms with Crippen LogP contribution >= 0.6 is 0 Å². The Balaban J connectivity index is 1.83. The maximum absolute atomic E-state index is 11.9. The van der Waals surface area contributed by atoms with E-state index in [1.807, 2.05) is 0 Å². The van der Waals surface area contributed by atoms with Crippen molar-refractivity contribution in [3.05, 3.63) is 17.8 Å². The molecule has 106 valence electrons. The molecule has 1 amide bonds. The zero-order valence-corrected chi connectivity index (χ0v) is 11.6. The molecular formula is C14H23N3O2. The van der Waals surface area contributed by atoms with Crippen molar-refractivity contribution in [2.75, 3.05) is 19.6 Å². The van der Waals surface area contributed by atoms with Gasteiger partial charge in [-0.1, -0.05) is 19.8 Å². The van der Waals surface area contributed by atoms with E-state index in [2.05, 4.69) is 22.5 Å². The Labute approximate surface area is 114 Å². The van der Waals surface area contributed by atoms with Crippen LogP contribution in [0.15, 0.2) is 10.7 Å². The number of rotatable bonds is 6. The number of carbonyl (C=O) groups is 1. The molecule has 1 aliphatic rings. The molecule has 1 fully saturated rings. The Hall–Kier alpha value is -1.36. The Bertz CT molecular complexity index is 397.